The van der Waals surface area contributed by atoms with E-state index in [-0.39, 0.29) is 0 Å². The molecule has 0 fully saturated rings. The summed E-state index contributed by atoms with van der Waals surface area (Å²) in [5, 5.41) is -2.45. The third-order valence-electron chi connectivity index (χ3n) is 1.53. The largest absolute Gasteiger partial charge is 0.339 e. The molecule has 0 heterocycles. The maximum atomic E-state index is 13.1. The highest BCUT2D eigenvalue weighted by molar-refractivity contribution is 6.38. The van der Waals surface area contributed by atoms with Gasteiger partial charge in [0.2, 0.25) is 0 Å². The summed E-state index contributed by atoms with van der Waals surface area (Å²) < 4.78 is 13.1. The highest BCUT2D eigenvalue weighted by atomic mass is 35.5. The number of halogens is 3. The van der Waals surface area contributed by atoms with Gasteiger partial charge in [-0.25, -0.2) is 4.39 Å². The number of rotatable bonds is 4. The first-order valence-corrected chi connectivity index (χ1v) is 4.64. The number of carbonyl (C=O) groups excluding carboxylic acids is 1. The Balaban J connectivity index is 4.35. The van der Waals surface area contributed by atoms with Crippen molar-refractivity contribution in [2.24, 2.45) is 0 Å². The SMILES string of the molecule is CCN(CC)C(=O)C(F)(Cl)CCl. The first-order valence-electron chi connectivity index (χ1n) is 3.72. The van der Waals surface area contributed by atoms with Crippen molar-refractivity contribution in [3.8, 4) is 0 Å². The molecule has 0 N–H and O–H groups in total. The van der Waals surface area contributed by atoms with Crippen molar-refractivity contribution in [3.05, 3.63) is 0 Å². The second-order valence-corrected chi connectivity index (χ2v) is 3.18. The van der Waals surface area contributed by atoms with Crippen LogP contribution < -0.4 is 0 Å². The smallest absolute Gasteiger partial charge is 0.277 e. The van der Waals surface area contributed by atoms with Crippen LogP contribution in [-0.4, -0.2) is 34.9 Å². The number of alkyl halides is 3. The molecular formula is C7H12Cl2FNO. The average molecular weight is 216 g/mol. The Hall–Kier alpha value is -0.0200. The number of amides is 1. The zero-order chi connectivity index (χ0) is 9.78. The maximum absolute atomic E-state index is 13.1. The summed E-state index contributed by atoms with van der Waals surface area (Å²) >= 11 is 10.4. The van der Waals surface area contributed by atoms with E-state index in [4.69, 9.17) is 23.2 Å². The second-order valence-electron chi connectivity index (χ2n) is 2.32. The van der Waals surface area contributed by atoms with E-state index < -0.39 is 16.9 Å². The van der Waals surface area contributed by atoms with Crippen molar-refractivity contribution in [1.82, 2.24) is 4.90 Å². The molecule has 0 aromatic carbocycles. The number of hydrogen-bond acceptors (Lipinski definition) is 1. The van der Waals surface area contributed by atoms with Crippen molar-refractivity contribution in [2.75, 3.05) is 19.0 Å². The predicted molar refractivity (Wildman–Crippen MR) is 48.3 cm³/mol. The summed E-state index contributed by atoms with van der Waals surface area (Å²) in [7, 11) is 0. The standard InChI is InChI=1S/C7H12Cl2FNO/c1-3-11(4-2)6(12)7(9,10)5-8/h3-5H2,1-2H3. The molecule has 2 nitrogen and oxygen atoms in total. The van der Waals surface area contributed by atoms with Gasteiger partial charge in [-0.05, 0) is 13.8 Å². The lowest BCUT2D eigenvalue weighted by Crippen LogP contribution is -2.43. The summed E-state index contributed by atoms with van der Waals surface area (Å²) in [6, 6.07) is 0. The topological polar surface area (TPSA) is 20.3 Å². The monoisotopic (exact) mass is 215 g/mol. The summed E-state index contributed by atoms with van der Waals surface area (Å²) in [6.45, 7) is 4.38. The minimum Gasteiger partial charge on any atom is -0.339 e. The number of nitrogens with zero attached hydrogens (tertiary/aromatic N) is 1. The molecule has 0 aliphatic heterocycles. The van der Waals surface area contributed by atoms with E-state index in [0.29, 0.717) is 13.1 Å². The minimum atomic E-state index is -2.45. The molecule has 0 rings (SSSR count). The molecule has 0 aromatic heterocycles. The first kappa shape index (κ1) is 12.0. The van der Waals surface area contributed by atoms with Crippen LogP contribution in [0.25, 0.3) is 0 Å². The quantitative estimate of drug-likeness (QED) is 0.658. The van der Waals surface area contributed by atoms with Gasteiger partial charge in [0.25, 0.3) is 11.0 Å². The minimum absolute atomic E-state index is 0.435. The lowest BCUT2D eigenvalue weighted by Gasteiger charge is -2.24. The van der Waals surface area contributed by atoms with E-state index in [1.807, 2.05) is 0 Å². The third kappa shape index (κ3) is 2.79. The molecule has 0 saturated carbocycles. The van der Waals surface area contributed by atoms with Crippen molar-refractivity contribution in [2.45, 2.75) is 19.0 Å². The zero-order valence-corrected chi connectivity index (χ0v) is 8.62. The van der Waals surface area contributed by atoms with E-state index in [9.17, 15) is 9.18 Å². The zero-order valence-electron chi connectivity index (χ0n) is 7.11. The Morgan fingerprint density at radius 3 is 2.17 bits per heavy atom. The van der Waals surface area contributed by atoms with Crippen LogP contribution in [0.5, 0.6) is 0 Å². The fraction of sp³-hybridized carbons (Fsp3) is 0.857. The number of hydrogen-bond donors (Lipinski definition) is 0. The Kier molecular flexibility index (Phi) is 4.87. The summed E-state index contributed by atoms with van der Waals surface area (Å²) in [4.78, 5) is 12.5. The van der Waals surface area contributed by atoms with Crippen LogP contribution in [0.2, 0.25) is 0 Å². The normalized spacial score (nSPS) is 15.4. The van der Waals surface area contributed by atoms with Gasteiger partial charge in [0.15, 0.2) is 0 Å². The van der Waals surface area contributed by atoms with Gasteiger partial charge in [0.05, 0.1) is 5.88 Å². The summed E-state index contributed by atoms with van der Waals surface area (Å²) in [5.74, 6) is -1.28. The fourth-order valence-corrected chi connectivity index (χ4v) is 1.03. The predicted octanol–water partition coefficient (Wildman–Crippen LogP) is 2.00. The highest BCUT2D eigenvalue weighted by Crippen LogP contribution is 2.21. The fourth-order valence-electron chi connectivity index (χ4n) is 0.799. The van der Waals surface area contributed by atoms with Crippen LogP contribution in [0, 0.1) is 0 Å². The highest BCUT2D eigenvalue weighted by Gasteiger charge is 2.37. The molecule has 0 aliphatic rings. The number of carbonyl (C=O) groups is 1. The lowest BCUT2D eigenvalue weighted by molar-refractivity contribution is -0.137. The molecule has 0 aromatic rings. The molecule has 0 radical (unpaired) electrons. The van der Waals surface area contributed by atoms with Crippen LogP contribution in [0.1, 0.15) is 13.8 Å². The molecule has 0 spiro atoms. The van der Waals surface area contributed by atoms with Crippen LogP contribution in [-0.2, 0) is 4.79 Å². The Morgan fingerprint density at radius 1 is 1.50 bits per heavy atom. The van der Waals surface area contributed by atoms with E-state index >= 15 is 0 Å². The van der Waals surface area contributed by atoms with Crippen LogP contribution >= 0.6 is 23.2 Å². The van der Waals surface area contributed by atoms with Crippen molar-refractivity contribution >= 4 is 29.1 Å². The van der Waals surface area contributed by atoms with Crippen molar-refractivity contribution < 1.29 is 9.18 Å². The first-order chi connectivity index (χ1) is 5.49. The Morgan fingerprint density at radius 2 is 1.92 bits per heavy atom. The Labute approximate surface area is 81.6 Å². The molecular weight excluding hydrogens is 204 g/mol. The van der Waals surface area contributed by atoms with Gasteiger partial charge in [0, 0.05) is 13.1 Å². The maximum Gasteiger partial charge on any atom is 0.277 e. The molecule has 72 valence electrons. The molecule has 1 amide bonds. The summed E-state index contributed by atoms with van der Waals surface area (Å²) in [6.07, 6.45) is 0. The van der Waals surface area contributed by atoms with Gasteiger partial charge in [-0.3, -0.25) is 4.79 Å². The molecule has 5 heteroatoms. The molecule has 0 aliphatic carbocycles. The van der Waals surface area contributed by atoms with Gasteiger partial charge in [-0.15, -0.1) is 11.6 Å². The molecule has 1 atom stereocenters. The van der Waals surface area contributed by atoms with Gasteiger partial charge >= 0.3 is 0 Å². The van der Waals surface area contributed by atoms with E-state index in [0.717, 1.165) is 0 Å². The Bertz CT molecular complexity index is 159. The van der Waals surface area contributed by atoms with Crippen LogP contribution in [0.15, 0.2) is 0 Å². The third-order valence-corrected chi connectivity index (χ3v) is 2.33. The van der Waals surface area contributed by atoms with Crippen molar-refractivity contribution in [1.29, 1.82) is 0 Å². The van der Waals surface area contributed by atoms with E-state index in [2.05, 4.69) is 0 Å². The summed E-state index contributed by atoms with van der Waals surface area (Å²) in [5.41, 5.74) is 0. The lowest BCUT2D eigenvalue weighted by atomic mass is 10.3. The van der Waals surface area contributed by atoms with Gasteiger partial charge in [-0.1, -0.05) is 11.6 Å². The average Bonchev–Trinajstić information content (AvgIpc) is 2.06. The van der Waals surface area contributed by atoms with Crippen LogP contribution in [0.3, 0.4) is 0 Å². The van der Waals surface area contributed by atoms with Gasteiger partial charge < -0.3 is 4.90 Å². The van der Waals surface area contributed by atoms with Crippen LogP contribution in [0.4, 0.5) is 4.39 Å². The van der Waals surface area contributed by atoms with Gasteiger partial charge in [0.1, 0.15) is 0 Å². The molecule has 12 heavy (non-hydrogen) atoms. The molecule has 0 saturated heterocycles. The van der Waals surface area contributed by atoms with Crippen molar-refractivity contribution in [3.63, 3.8) is 0 Å². The second kappa shape index (κ2) is 4.87. The molecule has 0 bridgehead atoms. The van der Waals surface area contributed by atoms with E-state index in [1.54, 1.807) is 13.8 Å². The molecule has 1 unspecified atom stereocenters. The van der Waals surface area contributed by atoms with Gasteiger partial charge in [-0.2, -0.15) is 0 Å². The van der Waals surface area contributed by atoms with E-state index in [1.165, 1.54) is 4.90 Å².